The van der Waals surface area contributed by atoms with Crippen molar-refractivity contribution in [2.24, 2.45) is 5.92 Å². The molecule has 2 fully saturated rings. The van der Waals surface area contributed by atoms with Crippen LogP contribution in [0.1, 0.15) is 65.7 Å². The van der Waals surface area contributed by atoms with Crippen LogP contribution in [0.4, 0.5) is 21.7 Å². The van der Waals surface area contributed by atoms with E-state index in [1.807, 2.05) is 6.07 Å². The third kappa shape index (κ3) is 6.13. The summed E-state index contributed by atoms with van der Waals surface area (Å²) in [6, 6.07) is 9.31. The third-order valence-corrected chi connectivity index (χ3v) is 9.70. The number of aromatic nitrogens is 3. The molecule has 0 amide bonds. The maximum Gasteiger partial charge on any atom is 0.263 e. The molecule has 3 atom stereocenters. The van der Waals surface area contributed by atoms with Crippen LogP contribution in [0.3, 0.4) is 0 Å². The number of anilines is 3. The topological polar surface area (TPSA) is 104 Å². The van der Waals surface area contributed by atoms with Crippen LogP contribution in [0.15, 0.2) is 41.3 Å². The Hall–Kier alpha value is -3.67. The first-order valence-electron chi connectivity index (χ1n) is 15.4. The highest BCUT2D eigenvalue weighted by Gasteiger charge is 2.26. The Bertz CT molecular complexity index is 1750. The molecule has 44 heavy (non-hydrogen) atoms. The summed E-state index contributed by atoms with van der Waals surface area (Å²) in [4.78, 5) is 40.7. The first kappa shape index (κ1) is 30.4. The Balaban J connectivity index is 1.37. The average molecular weight is 618 g/mol. The summed E-state index contributed by atoms with van der Waals surface area (Å²) < 4.78 is 16.9. The lowest BCUT2D eigenvalue weighted by Gasteiger charge is -2.37. The largest absolute Gasteiger partial charge is 0.366 e. The van der Waals surface area contributed by atoms with Crippen molar-refractivity contribution < 1.29 is 9.18 Å². The van der Waals surface area contributed by atoms with Gasteiger partial charge in [-0.3, -0.25) is 14.2 Å². The first-order valence-corrected chi connectivity index (χ1v) is 16.2. The van der Waals surface area contributed by atoms with E-state index < -0.39 is 0 Å². The number of thiophene rings is 1. The van der Waals surface area contributed by atoms with E-state index in [2.05, 4.69) is 52.7 Å². The SMILES string of the molecule is Cc1cc(Cn2c(=O)c(C(=O)C(C)C)cc3cnc(Nc4ccc(N5C[C@@H](C)N[C@@H](C)C5)c(F)c4)nc32)c(C2CCNC2)s1. The normalized spacial score (nSPS) is 20.5. The van der Waals surface area contributed by atoms with Crippen LogP contribution >= 0.6 is 11.3 Å². The molecule has 3 aromatic heterocycles. The van der Waals surface area contributed by atoms with Crippen LogP contribution in [-0.2, 0) is 6.54 Å². The van der Waals surface area contributed by atoms with E-state index in [0.29, 0.717) is 34.9 Å². The van der Waals surface area contributed by atoms with Gasteiger partial charge in [-0.25, -0.2) is 9.37 Å². The molecule has 0 saturated carbocycles. The van der Waals surface area contributed by atoms with Gasteiger partial charge in [-0.15, -0.1) is 11.3 Å². The molecule has 2 aliphatic heterocycles. The quantitative estimate of drug-likeness (QED) is 0.232. The zero-order valence-electron chi connectivity index (χ0n) is 25.9. The predicted molar refractivity (Wildman–Crippen MR) is 175 cm³/mol. The number of carbonyl (C=O) groups is 1. The second-order valence-electron chi connectivity index (χ2n) is 12.5. The Morgan fingerprint density at radius 3 is 2.64 bits per heavy atom. The number of nitrogens with one attached hydrogen (secondary N) is 3. The molecular weight excluding hydrogens is 577 g/mol. The zero-order valence-corrected chi connectivity index (χ0v) is 26.7. The molecule has 4 aromatic rings. The highest BCUT2D eigenvalue weighted by atomic mass is 32.1. The van der Waals surface area contributed by atoms with Gasteiger partial charge in [0.15, 0.2) is 5.78 Å². The van der Waals surface area contributed by atoms with Gasteiger partial charge in [-0.2, -0.15) is 4.98 Å². The van der Waals surface area contributed by atoms with Crippen molar-refractivity contribution in [3.05, 3.63) is 73.6 Å². The highest BCUT2D eigenvalue weighted by Crippen LogP contribution is 2.34. The minimum Gasteiger partial charge on any atom is -0.366 e. The Labute approximate surface area is 260 Å². The molecule has 1 unspecified atom stereocenters. The van der Waals surface area contributed by atoms with E-state index in [0.717, 1.165) is 38.2 Å². The number of Topliss-reactive ketones (excluding diaryl/α,β-unsaturated/α-hetero) is 1. The van der Waals surface area contributed by atoms with Gasteiger partial charge in [0.25, 0.3) is 5.56 Å². The molecule has 5 heterocycles. The van der Waals surface area contributed by atoms with Gasteiger partial charge in [-0.05, 0) is 69.6 Å². The zero-order chi connectivity index (χ0) is 31.1. The fourth-order valence-corrected chi connectivity index (χ4v) is 7.62. The molecule has 1 aromatic carbocycles. The van der Waals surface area contributed by atoms with E-state index in [4.69, 9.17) is 4.98 Å². The molecule has 6 rings (SSSR count). The summed E-state index contributed by atoms with van der Waals surface area (Å²) in [5, 5.41) is 10.6. The Kier molecular flexibility index (Phi) is 8.54. The lowest BCUT2D eigenvalue weighted by molar-refractivity contribution is 0.0937. The minimum absolute atomic E-state index is 0.141. The second kappa shape index (κ2) is 12.4. The fraction of sp³-hybridized carbons (Fsp3) is 0.455. The average Bonchev–Trinajstić information content (AvgIpc) is 3.63. The Morgan fingerprint density at radius 2 is 1.95 bits per heavy atom. The molecule has 3 N–H and O–H groups in total. The van der Waals surface area contributed by atoms with Crippen LogP contribution in [0.25, 0.3) is 11.0 Å². The van der Waals surface area contributed by atoms with Crippen LogP contribution in [0.2, 0.25) is 0 Å². The van der Waals surface area contributed by atoms with Crippen molar-refractivity contribution in [1.82, 2.24) is 25.2 Å². The number of halogens is 1. The number of hydrogen-bond donors (Lipinski definition) is 3. The summed E-state index contributed by atoms with van der Waals surface area (Å²) in [5.41, 5.74) is 2.34. The maximum absolute atomic E-state index is 15.3. The molecule has 0 spiro atoms. The third-order valence-electron chi connectivity index (χ3n) is 8.44. The molecule has 2 saturated heterocycles. The smallest absolute Gasteiger partial charge is 0.263 e. The summed E-state index contributed by atoms with van der Waals surface area (Å²) in [7, 11) is 0. The summed E-state index contributed by atoms with van der Waals surface area (Å²) in [6.07, 6.45) is 2.67. The number of aryl methyl sites for hydroxylation is 1. The molecule has 232 valence electrons. The monoisotopic (exact) mass is 617 g/mol. The second-order valence-corrected chi connectivity index (χ2v) is 13.8. The highest BCUT2D eigenvalue weighted by molar-refractivity contribution is 7.12. The number of ketones is 1. The molecular formula is C33H40FN7O2S. The van der Waals surface area contributed by atoms with Crippen molar-refractivity contribution in [1.29, 1.82) is 0 Å². The van der Waals surface area contributed by atoms with E-state index in [1.54, 1.807) is 48.1 Å². The number of rotatable bonds is 8. The van der Waals surface area contributed by atoms with Gasteiger partial charge in [0, 0.05) is 70.6 Å². The van der Waals surface area contributed by atoms with Crippen molar-refractivity contribution in [2.45, 2.75) is 65.6 Å². The Morgan fingerprint density at radius 1 is 1.18 bits per heavy atom. The van der Waals surface area contributed by atoms with Gasteiger partial charge >= 0.3 is 0 Å². The number of fused-ring (bicyclic) bond motifs is 1. The summed E-state index contributed by atoms with van der Waals surface area (Å²) in [6.45, 7) is 13.5. The van der Waals surface area contributed by atoms with Crippen LogP contribution in [0, 0.1) is 18.7 Å². The number of benzene rings is 1. The van der Waals surface area contributed by atoms with Crippen molar-refractivity contribution >= 4 is 45.5 Å². The lowest BCUT2D eigenvalue weighted by atomic mass is 10.0. The fourth-order valence-electron chi connectivity index (χ4n) is 6.45. The van der Waals surface area contributed by atoms with E-state index >= 15 is 4.39 Å². The number of nitrogens with zero attached hydrogens (tertiary/aromatic N) is 4. The van der Waals surface area contributed by atoms with E-state index in [1.165, 1.54) is 15.8 Å². The van der Waals surface area contributed by atoms with Gasteiger partial charge in [0.05, 0.1) is 17.8 Å². The van der Waals surface area contributed by atoms with Gasteiger partial charge in [0.2, 0.25) is 5.95 Å². The number of carbonyl (C=O) groups excluding carboxylic acids is 1. The van der Waals surface area contributed by atoms with Gasteiger partial charge < -0.3 is 20.9 Å². The number of pyridine rings is 1. The minimum atomic E-state index is -0.366. The maximum atomic E-state index is 15.3. The standard InChI is InChI=1S/C33H40FN7O2S/c1-18(2)29(42)26-11-23-14-36-33(38-25-6-7-28(27(34)12-25)40-15-19(3)37-20(4)16-40)39-31(23)41(32(26)43)17-24-10-21(5)44-30(24)22-8-9-35-13-22/h6-7,10-12,14,18-20,22,35,37H,8-9,13,15-17H2,1-5H3,(H,36,38,39)/t19-,20+,22?. The molecule has 0 aliphatic carbocycles. The molecule has 0 bridgehead atoms. The number of piperazine rings is 1. The van der Waals surface area contributed by atoms with Crippen molar-refractivity contribution in [3.63, 3.8) is 0 Å². The molecule has 11 heteroatoms. The van der Waals surface area contributed by atoms with Gasteiger partial charge in [-0.1, -0.05) is 13.8 Å². The molecule has 2 aliphatic rings. The predicted octanol–water partition coefficient (Wildman–Crippen LogP) is 5.19. The lowest BCUT2D eigenvalue weighted by Crippen LogP contribution is -2.54. The van der Waals surface area contributed by atoms with Crippen LogP contribution in [0.5, 0.6) is 0 Å². The number of hydrogen-bond acceptors (Lipinski definition) is 9. The van der Waals surface area contributed by atoms with Gasteiger partial charge in [0.1, 0.15) is 11.5 Å². The van der Waals surface area contributed by atoms with Crippen molar-refractivity contribution in [2.75, 3.05) is 36.4 Å². The van der Waals surface area contributed by atoms with Crippen LogP contribution < -0.4 is 26.4 Å². The summed E-state index contributed by atoms with van der Waals surface area (Å²) >= 11 is 1.77. The summed E-state index contributed by atoms with van der Waals surface area (Å²) in [5.74, 6) is -0.231. The molecule has 9 nitrogen and oxygen atoms in total. The molecule has 0 radical (unpaired) electrons. The van der Waals surface area contributed by atoms with Crippen LogP contribution in [-0.4, -0.2) is 58.6 Å². The van der Waals surface area contributed by atoms with E-state index in [9.17, 15) is 9.59 Å². The van der Waals surface area contributed by atoms with Crippen molar-refractivity contribution in [3.8, 4) is 0 Å². The first-order chi connectivity index (χ1) is 21.1. The van der Waals surface area contributed by atoms with E-state index in [-0.39, 0.29) is 46.7 Å².